The van der Waals surface area contributed by atoms with Gasteiger partial charge in [-0.05, 0) is 25.0 Å². The Balaban J connectivity index is 2.03. The maximum atomic E-state index is 12.3. The predicted molar refractivity (Wildman–Crippen MR) is 80.0 cm³/mol. The Morgan fingerprint density at radius 2 is 2.05 bits per heavy atom. The number of likely N-dealkylation sites (N-methyl/N-ethyl adjacent to an activating group) is 1. The Kier molecular flexibility index (Phi) is 4.84. The van der Waals surface area contributed by atoms with Crippen molar-refractivity contribution in [2.75, 3.05) is 19.5 Å². The summed E-state index contributed by atoms with van der Waals surface area (Å²) in [5.74, 6) is 0.655. The van der Waals surface area contributed by atoms with Crippen LogP contribution in [0.4, 0.5) is 10.5 Å². The normalized spacial score (nSPS) is 22.1. The molecule has 20 heavy (non-hydrogen) atoms. The van der Waals surface area contributed by atoms with E-state index in [0.29, 0.717) is 11.4 Å². The molecule has 3 N–H and O–H groups in total. The third-order valence-corrected chi connectivity index (χ3v) is 3.95. The van der Waals surface area contributed by atoms with Crippen molar-refractivity contribution in [3.05, 3.63) is 24.3 Å². The number of ether oxygens (including phenoxy) is 1. The Morgan fingerprint density at radius 1 is 1.35 bits per heavy atom. The second-order valence-corrected chi connectivity index (χ2v) is 5.26. The van der Waals surface area contributed by atoms with Crippen LogP contribution in [0.2, 0.25) is 0 Å². The fraction of sp³-hybridized carbons (Fsp3) is 0.533. The second kappa shape index (κ2) is 6.61. The lowest BCUT2D eigenvalue weighted by Gasteiger charge is -2.36. The van der Waals surface area contributed by atoms with Crippen molar-refractivity contribution < 1.29 is 9.53 Å². The fourth-order valence-electron chi connectivity index (χ4n) is 2.72. The highest BCUT2D eigenvalue weighted by atomic mass is 16.5. The zero-order chi connectivity index (χ0) is 14.5. The standard InChI is InChI=1S/C15H23N3O2/c1-18(13-9-5-3-7-11(13)16)15(19)17-12-8-4-6-10-14(12)20-2/h4,6,8,10-11,13H,3,5,7,9,16H2,1-2H3,(H,17,19). The quantitative estimate of drug-likeness (QED) is 0.891. The fourth-order valence-corrected chi connectivity index (χ4v) is 2.72. The van der Waals surface area contributed by atoms with Gasteiger partial charge in [0.25, 0.3) is 0 Å². The first kappa shape index (κ1) is 14.7. The molecule has 2 unspecified atom stereocenters. The van der Waals surface area contributed by atoms with Gasteiger partial charge in [-0.25, -0.2) is 4.79 Å². The van der Waals surface area contributed by atoms with E-state index >= 15 is 0 Å². The van der Waals surface area contributed by atoms with Crippen LogP contribution in [0.5, 0.6) is 5.75 Å². The number of anilines is 1. The van der Waals surface area contributed by atoms with Crippen LogP contribution in [0.3, 0.4) is 0 Å². The summed E-state index contributed by atoms with van der Waals surface area (Å²) in [7, 11) is 3.40. The van der Waals surface area contributed by atoms with Crippen LogP contribution < -0.4 is 15.8 Å². The molecule has 1 aliphatic carbocycles. The predicted octanol–water partition coefficient (Wildman–Crippen LogP) is 2.43. The first-order chi connectivity index (χ1) is 9.63. The number of hydrogen-bond donors (Lipinski definition) is 2. The number of amides is 2. The molecule has 1 aliphatic rings. The van der Waals surface area contributed by atoms with E-state index in [0.717, 1.165) is 25.7 Å². The van der Waals surface area contributed by atoms with E-state index in [2.05, 4.69) is 5.32 Å². The minimum atomic E-state index is -0.142. The summed E-state index contributed by atoms with van der Waals surface area (Å²) in [5.41, 5.74) is 6.80. The van der Waals surface area contributed by atoms with E-state index in [1.54, 1.807) is 19.1 Å². The minimum Gasteiger partial charge on any atom is -0.495 e. The largest absolute Gasteiger partial charge is 0.495 e. The molecule has 0 saturated heterocycles. The third-order valence-electron chi connectivity index (χ3n) is 3.95. The molecule has 0 heterocycles. The third kappa shape index (κ3) is 3.22. The van der Waals surface area contributed by atoms with E-state index in [4.69, 9.17) is 10.5 Å². The molecule has 0 spiro atoms. The molecule has 1 aromatic carbocycles. The van der Waals surface area contributed by atoms with Gasteiger partial charge in [-0.2, -0.15) is 0 Å². The molecule has 110 valence electrons. The van der Waals surface area contributed by atoms with Crippen molar-refractivity contribution in [1.82, 2.24) is 4.90 Å². The number of nitrogens with zero attached hydrogens (tertiary/aromatic N) is 1. The van der Waals surface area contributed by atoms with E-state index in [9.17, 15) is 4.79 Å². The molecule has 1 saturated carbocycles. The van der Waals surface area contributed by atoms with Crippen molar-refractivity contribution in [3.63, 3.8) is 0 Å². The molecule has 5 nitrogen and oxygen atoms in total. The first-order valence-corrected chi connectivity index (χ1v) is 7.06. The van der Waals surface area contributed by atoms with E-state index < -0.39 is 0 Å². The Bertz CT molecular complexity index is 464. The monoisotopic (exact) mass is 277 g/mol. The molecule has 0 radical (unpaired) electrons. The van der Waals surface area contributed by atoms with Gasteiger partial charge in [0.1, 0.15) is 5.75 Å². The molecule has 0 aliphatic heterocycles. The number of para-hydroxylation sites is 2. The Morgan fingerprint density at radius 3 is 2.75 bits per heavy atom. The van der Waals surface area contributed by atoms with Crippen molar-refractivity contribution in [3.8, 4) is 5.75 Å². The van der Waals surface area contributed by atoms with Gasteiger partial charge in [0.15, 0.2) is 0 Å². The molecule has 2 amide bonds. The summed E-state index contributed by atoms with van der Waals surface area (Å²) in [4.78, 5) is 14.0. The molecule has 5 heteroatoms. The van der Waals surface area contributed by atoms with Gasteiger partial charge in [-0.15, -0.1) is 0 Å². The van der Waals surface area contributed by atoms with Gasteiger partial charge in [0.05, 0.1) is 12.8 Å². The number of nitrogens with two attached hydrogens (primary N) is 1. The summed E-state index contributed by atoms with van der Waals surface area (Å²) in [6.07, 6.45) is 4.23. The number of rotatable bonds is 3. The van der Waals surface area contributed by atoms with Crippen LogP contribution in [-0.2, 0) is 0 Å². The van der Waals surface area contributed by atoms with Crippen LogP contribution >= 0.6 is 0 Å². The van der Waals surface area contributed by atoms with Gasteiger partial charge >= 0.3 is 6.03 Å². The second-order valence-electron chi connectivity index (χ2n) is 5.26. The van der Waals surface area contributed by atoms with Gasteiger partial charge < -0.3 is 20.7 Å². The lowest BCUT2D eigenvalue weighted by atomic mass is 9.90. The van der Waals surface area contributed by atoms with Crippen LogP contribution in [0.15, 0.2) is 24.3 Å². The van der Waals surface area contributed by atoms with Gasteiger partial charge in [0.2, 0.25) is 0 Å². The summed E-state index contributed by atoms with van der Waals surface area (Å²) in [6, 6.07) is 7.42. The van der Waals surface area contributed by atoms with Crippen LogP contribution in [0.1, 0.15) is 25.7 Å². The molecule has 2 rings (SSSR count). The topological polar surface area (TPSA) is 67.6 Å². The minimum absolute atomic E-state index is 0.0668. The Hall–Kier alpha value is -1.75. The zero-order valence-corrected chi connectivity index (χ0v) is 12.1. The van der Waals surface area contributed by atoms with Gasteiger partial charge in [-0.1, -0.05) is 25.0 Å². The number of carbonyl (C=O) groups is 1. The van der Waals surface area contributed by atoms with Crippen LogP contribution in [0, 0.1) is 0 Å². The van der Waals surface area contributed by atoms with Crippen LogP contribution in [-0.4, -0.2) is 37.2 Å². The molecule has 0 aromatic heterocycles. The summed E-state index contributed by atoms with van der Waals surface area (Å²) in [6.45, 7) is 0. The molecule has 2 atom stereocenters. The lowest BCUT2D eigenvalue weighted by Crippen LogP contribution is -2.51. The maximum absolute atomic E-state index is 12.3. The van der Waals surface area contributed by atoms with E-state index in [1.807, 2.05) is 24.3 Å². The Labute approximate surface area is 120 Å². The number of carbonyl (C=O) groups excluding carboxylic acids is 1. The number of urea groups is 1. The average Bonchev–Trinajstić information content (AvgIpc) is 2.47. The van der Waals surface area contributed by atoms with Crippen molar-refractivity contribution in [2.24, 2.45) is 5.73 Å². The van der Waals surface area contributed by atoms with E-state index in [1.165, 1.54) is 0 Å². The number of nitrogens with one attached hydrogen (secondary N) is 1. The van der Waals surface area contributed by atoms with E-state index in [-0.39, 0.29) is 18.1 Å². The van der Waals surface area contributed by atoms with Crippen molar-refractivity contribution in [1.29, 1.82) is 0 Å². The summed E-state index contributed by atoms with van der Waals surface area (Å²) in [5, 5.41) is 2.89. The number of benzene rings is 1. The number of methoxy groups -OCH3 is 1. The zero-order valence-electron chi connectivity index (χ0n) is 12.1. The molecule has 0 bridgehead atoms. The van der Waals surface area contributed by atoms with Crippen LogP contribution in [0.25, 0.3) is 0 Å². The van der Waals surface area contributed by atoms with Crippen molar-refractivity contribution >= 4 is 11.7 Å². The van der Waals surface area contributed by atoms with Gasteiger partial charge in [-0.3, -0.25) is 0 Å². The highest BCUT2D eigenvalue weighted by Crippen LogP contribution is 2.25. The summed E-state index contributed by atoms with van der Waals surface area (Å²) >= 11 is 0. The lowest BCUT2D eigenvalue weighted by molar-refractivity contribution is 0.174. The maximum Gasteiger partial charge on any atom is 0.321 e. The molecule has 1 fully saturated rings. The highest BCUT2D eigenvalue weighted by molar-refractivity contribution is 5.91. The molecular weight excluding hydrogens is 254 g/mol. The highest BCUT2D eigenvalue weighted by Gasteiger charge is 2.28. The first-order valence-electron chi connectivity index (χ1n) is 7.06. The van der Waals surface area contributed by atoms with Crippen molar-refractivity contribution in [2.45, 2.75) is 37.8 Å². The number of hydrogen-bond acceptors (Lipinski definition) is 3. The molecule has 1 aromatic rings. The summed E-state index contributed by atoms with van der Waals surface area (Å²) < 4.78 is 5.23. The average molecular weight is 277 g/mol. The molecular formula is C15H23N3O2. The SMILES string of the molecule is COc1ccccc1NC(=O)N(C)C1CCCCC1N. The smallest absolute Gasteiger partial charge is 0.321 e. The van der Waals surface area contributed by atoms with Gasteiger partial charge in [0, 0.05) is 19.1 Å².